The van der Waals surface area contributed by atoms with Gasteiger partial charge in [0, 0.05) is 22.6 Å². The standard InChI is InChI=1S/C16H19N3O5S.C15H23N3O3S.C8H9NO5/c1-16(2)11(15(23)24)19-13(22)10(14(19)25-16)18-12(21)9(17)7-3-5-8(20)6-4-7;1-15(2)11(14(20)21)18-12(19)10(13(18)22-15)16-9-17-7-5-3-4-6-8-17;10-2-1-4-7(8(12)13)9-5(11)3-6(9)14-4/h3-6,9-11,14,20H,17H2,1-2H3,(H,18,21)(H,23,24);9-11,13H,3-8H2,1-2H3,(H,20,21);1,6-7,10H,2-3H2,(H,12,13)/b;;4-1-/t9-,10-,11+,14-;10-,11+,13-;6-,7-/m111/s1. The molecular formula is C39H51N7O13S2. The number of hydrogen-bond acceptors (Lipinski definition) is 14. The summed E-state index contributed by atoms with van der Waals surface area (Å²) in [5, 5.41) is 47.6. The van der Waals surface area contributed by atoms with Gasteiger partial charge in [0.05, 0.1) is 19.4 Å². The molecule has 0 spiro atoms. The van der Waals surface area contributed by atoms with Crippen LogP contribution in [0.2, 0.25) is 0 Å². The smallest absolute Gasteiger partial charge is 0.334 e. The zero-order valence-electron chi connectivity index (χ0n) is 33.9. The second-order valence-electron chi connectivity index (χ2n) is 16.5. The van der Waals surface area contributed by atoms with Crippen LogP contribution in [-0.2, 0) is 38.3 Å². The highest BCUT2D eigenvalue weighted by Crippen LogP contribution is 2.52. The van der Waals surface area contributed by atoms with E-state index in [4.69, 9.17) is 20.7 Å². The van der Waals surface area contributed by atoms with Gasteiger partial charge in [-0.15, -0.1) is 23.5 Å². The highest BCUT2D eigenvalue weighted by molar-refractivity contribution is 8.02. The van der Waals surface area contributed by atoms with E-state index in [1.54, 1.807) is 25.6 Å². The summed E-state index contributed by atoms with van der Waals surface area (Å²) in [7, 11) is 0. The largest absolute Gasteiger partial charge is 0.508 e. The molecule has 1 aromatic carbocycles. The molecule has 7 aliphatic rings. The summed E-state index contributed by atoms with van der Waals surface area (Å²) in [6.07, 6.45) is 7.69. The molecule has 7 fully saturated rings. The summed E-state index contributed by atoms with van der Waals surface area (Å²) in [6.45, 7) is 9.00. The zero-order valence-corrected chi connectivity index (χ0v) is 35.6. The van der Waals surface area contributed by atoms with Gasteiger partial charge < -0.3 is 56.0 Å². The number of aromatic hydroxyl groups is 1. The number of carboxylic acid groups (broad SMARTS) is 3. The highest BCUT2D eigenvalue weighted by Gasteiger charge is 2.65. The Bertz CT molecular complexity index is 1990. The average Bonchev–Trinajstić information content (AvgIpc) is 3.61. The first kappa shape index (κ1) is 45.5. The van der Waals surface area contributed by atoms with E-state index in [1.807, 2.05) is 20.2 Å². The number of ether oxygens (including phenoxy) is 1. The Morgan fingerprint density at radius 2 is 1.43 bits per heavy atom. The number of aliphatic imine (C=N–C) groups is 1. The molecule has 9 atom stereocenters. The van der Waals surface area contributed by atoms with Gasteiger partial charge in [-0.25, -0.2) is 14.4 Å². The number of hydrogen-bond donors (Lipinski definition) is 7. The zero-order chi connectivity index (χ0) is 44.7. The number of amides is 4. The molecule has 0 radical (unpaired) electrons. The van der Waals surface area contributed by atoms with Gasteiger partial charge in [0.15, 0.2) is 18.3 Å². The highest BCUT2D eigenvalue weighted by atomic mass is 32.2. The number of thioether (sulfide) groups is 2. The lowest BCUT2D eigenvalue weighted by Gasteiger charge is -2.43. The average molecular weight is 890 g/mol. The van der Waals surface area contributed by atoms with E-state index in [1.165, 1.54) is 82.5 Å². The number of rotatable bonds is 9. The number of carbonyl (C=O) groups excluding carboxylic acids is 4. The number of carboxylic acids is 3. The molecule has 0 saturated carbocycles. The van der Waals surface area contributed by atoms with Gasteiger partial charge in [-0.2, -0.15) is 0 Å². The first-order valence-electron chi connectivity index (χ1n) is 19.8. The summed E-state index contributed by atoms with van der Waals surface area (Å²) < 4.78 is 4.05. The molecule has 0 bridgehead atoms. The molecule has 4 amide bonds. The van der Waals surface area contributed by atoms with Crippen molar-refractivity contribution >= 4 is 71.4 Å². The maximum Gasteiger partial charge on any atom is 0.334 e. The minimum Gasteiger partial charge on any atom is -0.508 e. The monoisotopic (exact) mass is 889 g/mol. The second kappa shape index (κ2) is 17.7. The van der Waals surface area contributed by atoms with Crippen molar-refractivity contribution < 1.29 is 63.8 Å². The molecule has 8 N–H and O–H groups in total. The van der Waals surface area contributed by atoms with E-state index in [0.29, 0.717) is 5.56 Å². The van der Waals surface area contributed by atoms with E-state index in [0.717, 1.165) is 13.1 Å². The van der Waals surface area contributed by atoms with Gasteiger partial charge in [-0.3, -0.25) is 29.1 Å². The Labute approximate surface area is 359 Å². The third-order valence-corrected chi connectivity index (χ3v) is 14.6. The van der Waals surface area contributed by atoms with Crippen molar-refractivity contribution in [3.8, 4) is 5.75 Å². The molecule has 1 aromatic rings. The molecule has 7 saturated heterocycles. The molecule has 22 heteroatoms. The number of β-lactam (4-membered cyclic amide) rings is 3. The number of fused-ring (bicyclic) bond motifs is 3. The number of likely N-dealkylation sites (tertiary alicyclic amines) is 1. The lowest BCUT2D eigenvalue weighted by Crippen LogP contribution is -2.71. The number of benzene rings is 1. The van der Waals surface area contributed by atoms with E-state index in [2.05, 4.69) is 15.2 Å². The summed E-state index contributed by atoms with van der Waals surface area (Å²) in [5.74, 6) is -4.24. The van der Waals surface area contributed by atoms with E-state index in [9.17, 15) is 48.9 Å². The minimum atomic E-state index is -1.14. The number of nitrogens with zero attached hydrogens (tertiary/aromatic N) is 5. The van der Waals surface area contributed by atoms with Gasteiger partial charge >= 0.3 is 17.9 Å². The Balaban J connectivity index is 0.000000159. The van der Waals surface area contributed by atoms with Crippen LogP contribution in [0.1, 0.15) is 71.4 Å². The van der Waals surface area contributed by atoms with Crippen LogP contribution in [0.25, 0.3) is 0 Å². The molecule has 20 nitrogen and oxygen atoms in total. The third kappa shape index (κ3) is 8.85. The van der Waals surface area contributed by atoms with Gasteiger partial charge in [-0.1, -0.05) is 25.0 Å². The third-order valence-electron chi connectivity index (χ3n) is 11.5. The van der Waals surface area contributed by atoms with E-state index >= 15 is 0 Å². The van der Waals surface area contributed by atoms with Crippen molar-refractivity contribution in [1.82, 2.24) is 24.9 Å². The molecule has 8 rings (SSSR count). The predicted molar refractivity (Wildman–Crippen MR) is 220 cm³/mol. The summed E-state index contributed by atoms with van der Waals surface area (Å²) in [6, 6.07) is 0.974. The topological polar surface area (TPSA) is 293 Å². The van der Waals surface area contributed by atoms with Crippen molar-refractivity contribution in [2.24, 2.45) is 10.7 Å². The predicted octanol–water partition coefficient (Wildman–Crippen LogP) is 0.334. The van der Waals surface area contributed by atoms with Crippen LogP contribution in [0.3, 0.4) is 0 Å². The number of carbonyl (C=O) groups is 7. The first-order valence-corrected chi connectivity index (χ1v) is 21.6. The number of aliphatic hydroxyl groups excluding tert-OH is 1. The number of nitrogens with one attached hydrogen (secondary N) is 1. The van der Waals surface area contributed by atoms with Crippen LogP contribution in [-0.4, -0.2) is 169 Å². The maximum absolute atomic E-state index is 12.3. The van der Waals surface area contributed by atoms with Crippen LogP contribution in [0.5, 0.6) is 5.75 Å². The van der Waals surface area contributed by atoms with Crippen molar-refractivity contribution in [3.63, 3.8) is 0 Å². The van der Waals surface area contributed by atoms with Crippen molar-refractivity contribution in [2.45, 2.75) is 123 Å². The number of phenolic OH excluding ortho intramolecular Hbond substituents is 1. The van der Waals surface area contributed by atoms with Crippen LogP contribution in [0.4, 0.5) is 0 Å². The van der Waals surface area contributed by atoms with Crippen LogP contribution >= 0.6 is 23.5 Å². The number of aliphatic carboxylic acids is 3. The van der Waals surface area contributed by atoms with Gasteiger partial charge in [0.25, 0.3) is 5.91 Å². The summed E-state index contributed by atoms with van der Waals surface area (Å²) >= 11 is 2.90. The fourth-order valence-corrected chi connectivity index (χ4v) is 11.6. The number of nitrogens with two attached hydrogens (primary N) is 1. The van der Waals surface area contributed by atoms with Gasteiger partial charge in [0.1, 0.15) is 46.4 Å². The molecule has 0 aliphatic carbocycles. The minimum absolute atomic E-state index is 0.0606. The molecule has 7 heterocycles. The molecule has 332 valence electrons. The van der Waals surface area contributed by atoms with Crippen molar-refractivity contribution in [3.05, 3.63) is 41.7 Å². The normalized spacial score (nSPS) is 31.4. The SMILES string of the molecule is CC1(C)S[C@@H]2[C@H](N=CN3CCCCCC3)C(=O)N2[C@H]1C(=O)O.CC1(C)S[C@@H]2[C@H](NC(=O)[C@H](N)c3ccc(O)cc3)C(=O)N2[C@H]1C(=O)O.O=C(O)[C@H]1/C(=C/CO)O[C@@H]2CC(=O)N21. The lowest BCUT2D eigenvalue weighted by atomic mass is 9.95. The van der Waals surface area contributed by atoms with Crippen LogP contribution in [0, 0.1) is 0 Å². The number of aliphatic hydroxyl groups is 1. The molecule has 0 aromatic heterocycles. The maximum atomic E-state index is 12.3. The molecular weight excluding hydrogens is 839 g/mol. The van der Waals surface area contributed by atoms with Gasteiger partial charge in [-0.05, 0) is 64.3 Å². The lowest BCUT2D eigenvalue weighted by molar-refractivity contribution is -0.163. The first-order chi connectivity index (χ1) is 28.7. The van der Waals surface area contributed by atoms with Crippen molar-refractivity contribution in [1.29, 1.82) is 0 Å². The molecule has 0 unspecified atom stereocenters. The molecule has 7 aliphatic heterocycles. The fourth-order valence-electron chi connectivity index (χ4n) is 8.39. The van der Waals surface area contributed by atoms with Crippen molar-refractivity contribution in [2.75, 3.05) is 19.7 Å². The Kier molecular flexibility index (Phi) is 13.2. The van der Waals surface area contributed by atoms with E-state index in [-0.39, 0.29) is 41.7 Å². The quantitative estimate of drug-likeness (QED) is 0.0999. The summed E-state index contributed by atoms with van der Waals surface area (Å²) in [4.78, 5) is 92.4. The van der Waals surface area contributed by atoms with Crippen LogP contribution in [0.15, 0.2) is 41.1 Å². The number of phenols is 1. The summed E-state index contributed by atoms with van der Waals surface area (Å²) in [5.41, 5.74) is 6.41. The Morgan fingerprint density at radius 3 is 1.95 bits per heavy atom. The van der Waals surface area contributed by atoms with Crippen LogP contribution < -0.4 is 11.1 Å². The molecule has 61 heavy (non-hydrogen) atoms. The van der Waals surface area contributed by atoms with E-state index < -0.39 is 87.1 Å². The Hall–Kier alpha value is -5.06. The fraction of sp³-hybridized carbons (Fsp3) is 0.590. The van der Waals surface area contributed by atoms with Gasteiger partial charge in [0.2, 0.25) is 17.7 Å². The second-order valence-corrected chi connectivity index (χ2v) is 20.1. The Morgan fingerprint density at radius 1 is 0.869 bits per heavy atom.